The lowest BCUT2D eigenvalue weighted by atomic mass is 10.1. The Morgan fingerprint density at radius 2 is 2.05 bits per heavy atom. The van der Waals surface area contributed by atoms with Gasteiger partial charge in [-0.3, -0.25) is 15.0 Å². The first-order chi connectivity index (χ1) is 9.72. The zero-order valence-electron chi connectivity index (χ0n) is 12.1. The number of nitro benzene ring substituents is 1. The summed E-state index contributed by atoms with van der Waals surface area (Å²) in [6, 6.07) is 5.37. The quantitative estimate of drug-likeness (QED) is 0.639. The molecule has 0 amide bonds. The van der Waals surface area contributed by atoms with Crippen LogP contribution in [-0.4, -0.2) is 29.5 Å². The second kappa shape index (κ2) is 7.24. The molecule has 1 aliphatic heterocycles. The van der Waals surface area contributed by atoms with E-state index < -0.39 is 0 Å². The molecule has 0 spiro atoms. The van der Waals surface area contributed by atoms with Crippen molar-refractivity contribution in [3.05, 3.63) is 33.9 Å². The Kier molecular flexibility index (Phi) is 5.35. The number of benzene rings is 1. The van der Waals surface area contributed by atoms with Gasteiger partial charge in [-0.1, -0.05) is 25.5 Å². The lowest BCUT2D eigenvalue weighted by Gasteiger charge is -2.27. The normalized spacial score (nSPS) is 16.1. The molecule has 110 valence electrons. The predicted octanol–water partition coefficient (Wildman–Crippen LogP) is 3.40. The smallest absolute Gasteiger partial charge is 0.292 e. The molecule has 0 radical (unpaired) electrons. The van der Waals surface area contributed by atoms with E-state index >= 15 is 0 Å². The highest BCUT2D eigenvalue weighted by molar-refractivity contribution is 5.66. The van der Waals surface area contributed by atoms with Gasteiger partial charge in [-0.15, -0.1) is 0 Å². The fourth-order valence-electron chi connectivity index (χ4n) is 2.68. The van der Waals surface area contributed by atoms with E-state index in [4.69, 9.17) is 0 Å². The Morgan fingerprint density at radius 3 is 2.70 bits per heavy atom. The minimum absolute atomic E-state index is 0.188. The van der Waals surface area contributed by atoms with E-state index in [9.17, 15) is 10.1 Å². The Balaban J connectivity index is 2.20. The fraction of sp³-hybridized carbons (Fsp3) is 0.600. The summed E-state index contributed by atoms with van der Waals surface area (Å²) < 4.78 is 0. The van der Waals surface area contributed by atoms with Crippen molar-refractivity contribution in [2.24, 2.45) is 0 Å². The zero-order chi connectivity index (χ0) is 14.4. The average Bonchev–Trinajstić information content (AvgIpc) is 2.46. The number of likely N-dealkylation sites (tertiary alicyclic amines) is 1. The lowest BCUT2D eigenvalue weighted by molar-refractivity contribution is -0.384. The van der Waals surface area contributed by atoms with Gasteiger partial charge in [-0.2, -0.15) is 0 Å². The molecule has 1 N–H and O–H groups in total. The Labute approximate surface area is 120 Å². The van der Waals surface area contributed by atoms with Crippen molar-refractivity contribution in [1.29, 1.82) is 0 Å². The van der Waals surface area contributed by atoms with Gasteiger partial charge in [0.05, 0.1) is 4.92 Å². The molecule has 0 unspecified atom stereocenters. The summed E-state index contributed by atoms with van der Waals surface area (Å²) in [5.74, 6) is 0. The minimum Gasteiger partial charge on any atom is -0.379 e. The van der Waals surface area contributed by atoms with Crippen LogP contribution in [0, 0.1) is 10.1 Å². The van der Waals surface area contributed by atoms with Gasteiger partial charge in [0.1, 0.15) is 5.69 Å². The van der Waals surface area contributed by atoms with Gasteiger partial charge in [0.2, 0.25) is 0 Å². The molecule has 20 heavy (non-hydrogen) atoms. The molecule has 0 bridgehead atoms. The number of rotatable bonds is 6. The number of nitro groups is 1. The molecular weight excluding hydrogens is 254 g/mol. The topological polar surface area (TPSA) is 58.4 Å². The fourth-order valence-corrected chi connectivity index (χ4v) is 2.68. The SMILES string of the molecule is CCCNc1c(CN2CCCCC2)cccc1[N+](=O)[O-]. The number of hydrogen-bond donors (Lipinski definition) is 1. The summed E-state index contributed by atoms with van der Waals surface area (Å²) in [5.41, 5.74) is 1.92. The Hall–Kier alpha value is -1.62. The third kappa shape index (κ3) is 3.70. The van der Waals surface area contributed by atoms with Gasteiger partial charge in [-0.05, 0) is 37.9 Å². The van der Waals surface area contributed by atoms with Crippen LogP contribution in [0.15, 0.2) is 18.2 Å². The first-order valence-electron chi connectivity index (χ1n) is 7.45. The Bertz CT molecular complexity index is 456. The maximum absolute atomic E-state index is 11.2. The number of hydrogen-bond acceptors (Lipinski definition) is 4. The average molecular weight is 277 g/mol. The molecule has 0 aromatic heterocycles. The molecule has 0 atom stereocenters. The van der Waals surface area contributed by atoms with Crippen LogP contribution in [0.3, 0.4) is 0 Å². The van der Waals surface area contributed by atoms with Gasteiger partial charge in [-0.25, -0.2) is 0 Å². The highest BCUT2D eigenvalue weighted by atomic mass is 16.6. The van der Waals surface area contributed by atoms with Gasteiger partial charge in [0, 0.05) is 19.2 Å². The number of nitrogens with one attached hydrogen (secondary N) is 1. The standard InChI is InChI=1S/C15H23N3O2/c1-2-9-16-15-13(7-6-8-14(15)18(19)20)12-17-10-4-3-5-11-17/h6-8,16H,2-5,9-12H2,1H3. The molecular formula is C15H23N3O2. The summed E-state index contributed by atoms with van der Waals surface area (Å²) in [6.45, 7) is 5.81. The van der Waals surface area contributed by atoms with Crippen LogP contribution in [0.25, 0.3) is 0 Å². The molecule has 1 aromatic rings. The van der Waals surface area contributed by atoms with Crippen molar-refractivity contribution in [2.75, 3.05) is 25.0 Å². The van der Waals surface area contributed by atoms with Crippen molar-refractivity contribution in [3.63, 3.8) is 0 Å². The van der Waals surface area contributed by atoms with Crippen LogP contribution < -0.4 is 5.32 Å². The van der Waals surface area contributed by atoms with Crippen LogP contribution in [0.4, 0.5) is 11.4 Å². The lowest BCUT2D eigenvalue weighted by Crippen LogP contribution is -2.29. The van der Waals surface area contributed by atoms with Crippen LogP contribution >= 0.6 is 0 Å². The van der Waals surface area contributed by atoms with Crippen LogP contribution in [0.1, 0.15) is 38.2 Å². The molecule has 5 heteroatoms. The van der Waals surface area contributed by atoms with Gasteiger partial charge in [0.25, 0.3) is 5.69 Å². The predicted molar refractivity (Wildman–Crippen MR) is 81.0 cm³/mol. The molecule has 1 saturated heterocycles. The summed E-state index contributed by atoms with van der Waals surface area (Å²) in [7, 11) is 0. The minimum atomic E-state index is -0.294. The molecule has 1 fully saturated rings. The van der Waals surface area contributed by atoms with Crippen molar-refractivity contribution in [1.82, 2.24) is 4.90 Å². The Morgan fingerprint density at radius 1 is 1.30 bits per heavy atom. The van der Waals surface area contributed by atoms with Crippen molar-refractivity contribution in [3.8, 4) is 0 Å². The second-order valence-corrected chi connectivity index (χ2v) is 5.33. The van der Waals surface area contributed by atoms with E-state index in [1.807, 2.05) is 6.07 Å². The third-order valence-electron chi connectivity index (χ3n) is 3.72. The molecule has 5 nitrogen and oxygen atoms in total. The molecule has 0 saturated carbocycles. The third-order valence-corrected chi connectivity index (χ3v) is 3.72. The van der Waals surface area contributed by atoms with E-state index in [-0.39, 0.29) is 10.6 Å². The molecule has 1 aromatic carbocycles. The van der Waals surface area contributed by atoms with Crippen molar-refractivity contribution >= 4 is 11.4 Å². The number of para-hydroxylation sites is 1. The maximum Gasteiger partial charge on any atom is 0.292 e. The summed E-state index contributed by atoms with van der Waals surface area (Å²) in [6.07, 6.45) is 4.71. The van der Waals surface area contributed by atoms with Crippen molar-refractivity contribution < 1.29 is 4.92 Å². The molecule has 0 aliphatic carbocycles. The summed E-state index contributed by atoms with van der Waals surface area (Å²) in [4.78, 5) is 13.3. The van der Waals surface area contributed by atoms with E-state index in [0.29, 0.717) is 5.69 Å². The molecule has 2 rings (SSSR count). The number of anilines is 1. The zero-order valence-corrected chi connectivity index (χ0v) is 12.1. The van der Waals surface area contributed by atoms with E-state index in [1.54, 1.807) is 12.1 Å². The second-order valence-electron chi connectivity index (χ2n) is 5.33. The maximum atomic E-state index is 11.2. The first kappa shape index (κ1) is 14.8. The number of piperidine rings is 1. The van der Waals surface area contributed by atoms with Gasteiger partial charge in [0.15, 0.2) is 0 Å². The molecule has 1 heterocycles. The van der Waals surface area contributed by atoms with Crippen LogP contribution in [-0.2, 0) is 6.54 Å². The highest BCUT2D eigenvalue weighted by Gasteiger charge is 2.19. The number of nitrogens with zero attached hydrogens (tertiary/aromatic N) is 2. The van der Waals surface area contributed by atoms with E-state index in [2.05, 4.69) is 17.1 Å². The van der Waals surface area contributed by atoms with Gasteiger partial charge < -0.3 is 5.32 Å². The monoisotopic (exact) mass is 277 g/mol. The summed E-state index contributed by atoms with van der Waals surface area (Å²) >= 11 is 0. The van der Waals surface area contributed by atoms with Crippen LogP contribution in [0.2, 0.25) is 0 Å². The van der Waals surface area contributed by atoms with E-state index in [1.165, 1.54) is 19.3 Å². The highest BCUT2D eigenvalue weighted by Crippen LogP contribution is 2.29. The first-order valence-corrected chi connectivity index (χ1v) is 7.45. The van der Waals surface area contributed by atoms with E-state index in [0.717, 1.165) is 38.2 Å². The largest absolute Gasteiger partial charge is 0.379 e. The summed E-state index contributed by atoms with van der Waals surface area (Å²) in [5, 5.41) is 14.4. The van der Waals surface area contributed by atoms with Gasteiger partial charge >= 0.3 is 0 Å². The van der Waals surface area contributed by atoms with Crippen LogP contribution in [0.5, 0.6) is 0 Å². The van der Waals surface area contributed by atoms with Crippen molar-refractivity contribution in [2.45, 2.75) is 39.2 Å². The molecule has 1 aliphatic rings.